The fourth-order valence-corrected chi connectivity index (χ4v) is 1.35. The molecule has 15 heavy (non-hydrogen) atoms. The average Bonchev–Trinajstić information content (AvgIpc) is 2.16. The van der Waals surface area contributed by atoms with Gasteiger partial charge in [0.2, 0.25) is 0 Å². The van der Waals surface area contributed by atoms with Gasteiger partial charge in [-0.25, -0.2) is 0 Å². The Morgan fingerprint density at radius 2 is 2.20 bits per heavy atom. The molecule has 3 nitrogen and oxygen atoms in total. The van der Waals surface area contributed by atoms with Gasteiger partial charge in [-0.1, -0.05) is 13.8 Å². The van der Waals surface area contributed by atoms with Gasteiger partial charge in [-0.3, -0.25) is 4.79 Å². The highest BCUT2D eigenvalue weighted by Gasteiger charge is 2.00. The lowest BCUT2D eigenvalue weighted by Crippen LogP contribution is -2.07. The molecule has 0 N–H and O–H groups in total. The summed E-state index contributed by atoms with van der Waals surface area (Å²) in [6.45, 7) is 7.08. The molecule has 0 aromatic heterocycles. The van der Waals surface area contributed by atoms with E-state index in [-0.39, 0.29) is 5.97 Å². The quantitative estimate of drug-likeness (QED) is 0.366. The van der Waals surface area contributed by atoms with Crippen LogP contribution in [0.4, 0.5) is 0 Å². The van der Waals surface area contributed by atoms with Crippen LogP contribution in [0.2, 0.25) is 0 Å². The summed E-state index contributed by atoms with van der Waals surface area (Å²) in [6.07, 6.45) is 3.71. The van der Waals surface area contributed by atoms with Gasteiger partial charge in [0.25, 0.3) is 0 Å². The Morgan fingerprint density at radius 3 is 2.80 bits per heavy atom. The first-order valence-corrected chi connectivity index (χ1v) is 6.34. The lowest BCUT2D eigenvalue weighted by molar-refractivity contribution is -0.139. The molecule has 0 bridgehead atoms. The molecular formula is C11H20O3S. The molecule has 0 atom stereocenters. The standard InChI is InChI=1S/C11H20O3S/c1-4-14-11(12)9-15-8-7-13-6-5-10(2)3/h5-6,10H,4,7-9H2,1-3H3/b6-5+. The zero-order valence-electron chi connectivity index (χ0n) is 9.69. The van der Waals surface area contributed by atoms with E-state index in [1.54, 1.807) is 6.26 Å². The molecule has 0 fully saturated rings. The molecule has 88 valence electrons. The van der Waals surface area contributed by atoms with E-state index in [2.05, 4.69) is 13.8 Å². The molecule has 0 aliphatic carbocycles. The number of carbonyl (C=O) groups excluding carboxylic acids is 1. The third-order valence-corrected chi connectivity index (χ3v) is 2.33. The molecule has 4 heteroatoms. The van der Waals surface area contributed by atoms with Crippen LogP contribution in [0.25, 0.3) is 0 Å². The second-order valence-corrected chi connectivity index (χ2v) is 4.41. The van der Waals surface area contributed by atoms with Crippen molar-refractivity contribution in [1.29, 1.82) is 0 Å². The number of hydrogen-bond donors (Lipinski definition) is 0. The monoisotopic (exact) mass is 232 g/mol. The van der Waals surface area contributed by atoms with E-state index >= 15 is 0 Å². The Labute approximate surface area is 96.2 Å². The highest BCUT2D eigenvalue weighted by Crippen LogP contribution is 2.01. The number of carbonyl (C=O) groups is 1. The lowest BCUT2D eigenvalue weighted by Gasteiger charge is -2.02. The van der Waals surface area contributed by atoms with Gasteiger partial charge >= 0.3 is 5.97 Å². The molecule has 0 spiro atoms. The van der Waals surface area contributed by atoms with Gasteiger partial charge in [0.05, 0.1) is 25.2 Å². The fraction of sp³-hybridized carbons (Fsp3) is 0.727. The van der Waals surface area contributed by atoms with Gasteiger partial charge in [-0.05, 0) is 18.9 Å². The van der Waals surface area contributed by atoms with Crippen LogP contribution in [0.5, 0.6) is 0 Å². The first-order valence-electron chi connectivity index (χ1n) is 5.18. The van der Waals surface area contributed by atoms with Crippen LogP contribution in [-0.2, 0) is 14.3 Å². The minimum atomic E-state index is -0.153. The summed E-state index contributed by atoms with van der Waals surface area (Å²) in [5.74, 6) is 1.57. The Morgan fingerprint density at radius 1 is 1.47 bits per heavy atom. The number of hydrogen-bond acceptors (Lipinski definition) is 4. The number of esters is 1. The molecule has 0 aliphatic heterocycles. The molecule has 0 aromatic carbocycles. The van der Waals surface area contributed by atoms with Crippen LogP contribution in [-0.4, -0.2) is 30.7 Å². The van der Waals surface area contributed by atoms with E-state index in [0.29, 0.717) is 24.9 Å². The van der Waals surface area contributed by atoms with Crippen molar-refractivity contribution in [3.63, 3.8) is 0 Å². The van der Waals surface area contributed by atoms with Crippen LogP contribution >= 0.6 is 11.8 Å². The molecule has 0 saturated heterocycles. The molecular weight excluding hydrogens is 212 g/mol. The Kier molecular flexibility index (Phi) is 9.48. The van der Waals surface area contributed by atoms with Crippen molar-refractivity contribution in [3.05, 3.63) is 12.3 Å². The topological polar surface area (TPSA) is 35.5 Å². The van der Waals surface area contributed by atoms with Gasteiger partial charge in [-0.15, -0.1) is 11.8 Å². The SMILES string of the molecule is CCOC(=O)CSCCO/C=C/C(C)C. The molecule has 0 radical (unpaired) electrons. The smallest absolute Gasteiger partial charge is 0.315 e. The van der Waals surface area contributed by atoms with Crippen LogP contribution in [0.1, 0.15) is 20.8 Å². The van der Waals surface area contributed by atoms with Crippen molar-refractivity contribution in [2.75, 3.05) is 24.7 Å². The summed E-state index contributed by atoms with van der Waals surface area (Å²) in [5, 5.41) is 0. The van der Waals surface area contributed by atoms with E-state index in [9.17, 15) is 4.79 Å². The summed E-state index contributed by atoms with van der Waals surface area (Å²) in [7, 11) is 0. The molecule has 0 saturated carbocycles. The van der Waals surface area contributed by atoms with Gasteiger partial charge in [0.15, 0.2) is 0 Å². The molecule has 0 aliphatic rings. The van der Waals surface area contributed by atoms with Crippen molar-refractivity contribution >= 4 is 17.7 Å². The summed E-state index contributed by atoms with van der Waals surface area (Å²) >= 11 is 1.53. The highest BCUT2D eigenvalue weighted by molar-refractivity contribution is 7.99. The molecule has 0 heterocycles. The molecule has 0 amide bonds. The number of allylic oxidation sites excluding steroid dienone is 1. The summed E-state index contributed by atoms with van der Waals surface area (Å²) in [4.78, 5) is 10.9. The van der Waals surface area contributed by atoms with Crippen LogP contribution < -0.4 is 0 Å². The van der Waals surface area contributed by atoms with Crippen molar-refractivity contribution in [2.24, 2.45) is 5.92 Å². The zero-order chi connectivity index (χ0) is 11.5. The van der Waals surface area contributed by atoms with Crippen molar-refractivity contribution in [2.45, 2.75) is 20.8 Å². The first kappa shape index (κ1) is 14.4. The van der Waals surface area contributed by atoms with Crippen molar-refractivity contribution < 1.29 is 14.3 Å². The minimum absolute atomic E-state index is 0.153. The fourth-order valence-electron chi connectivity index (χ4n) is 0.746. The summed E-state index contributed by atoms with van der Waals surface area (Å²) in [5.41, 5.74) is 0. The Hall–Kier alpha value is -0.640. The molecule has 0 unspecified atom stereocenters. The largest absolute Gasteiger partial charge is 0.501 e. The average molecular weight is 232 g/mol. The second kappa shape index (κ2) is 9.90. The predicted octanol–water partition coefficient (Wildman–Crippen LogP) is 2.47. The maximum Gasteiger partial charge on any atom is 0.315 e. The van der Waals surface area contributed by atoms with Gasteiger partial charge in [0.1, 0.15) is 0 Å². The number of thioether (sulfide) groups is 1. The van der Waals surface area contributed by atoms with Gasteiger partial charge < -0.3 is 9.47 Å². The maximum atomic E-state index is 10.9. The van der Waals surface area contributed by atoms with Crippen LogP contribution in [0, 0.1) is 5.92 Å². The van der Waals surface area contributed by atoms with Crippen molar-refractivity contribution in [3.8, 4) is 0 Å². The minimum Gasteiger partial charge on any atom is -0.501 e. The van der Waals surface area contributed by atoms with Gasteiger partial charge in [-0.2, -0.15) is 0 Å². The molecule has 0 aromatic rings. The van der Waals surface area contributed by atoms with Crippen LogP contribution in [0.15, 0.2) is 12.3 Å². The lowest BCUT2D eigenvalue weighted by atomic mass is 10.2. The summed E-state index contributed by atoms with van der Waals surface area (Å²) in [6, 6.07) is 0. The van der Waals surface area contributed by atoms with E-state index in [4.69, 9.17) is 9.47 Å². The maximum absolute atomic E-state index is 10.9. The Bertz CT molecular complexity index is 190. The van der Waals surface area contributed by atoms with E-state index in [1.165, 1.54) is 11.8 Å². The Balaban J connectivity index is 3.21. The summed E-state index contributed by atoms with van der Waals surface area (Å²) < 4.78 is 10.0. The van der Waals surface area contributed by atoms with Crippen LogP contribution in [0.3, 0.4) is 0 Å². The van der Waals surface area contributed by atoms with E-state index in [1.807, 2.05) is 13.0 Å². The van der Waals surface area contributed by atoms with E-state index < -0.39 is 0 Å². The normalized spacial score (nSPS) is 10.9. The number of rotatable bonds is 8. The number of ether oxygens (including phenoxy) is 2. The predicted molar refractivity (Wildman–Crippen MR) is 63.9 cm³/mol. The van der Waals surface area contributed by atoms with E-state index in [0.717, 1.165) is 5.75 Å². The third-order valence-electron chi connectivity index (χ3n) is 1.43. The second-order valence-electron chi connectivity index (χ2n) is 3.30. The first-order chi connectivity index (χ1) is 7.16. The van der Waals surface area contributed by atoms with Crippen molar-refractivity contribution in [1.82, 2.24) is 0 Å². The molecule has 0 rings (SSSR count). The highest BCUT2D eigenvalue weighted by atomic mass is 32.2. The van der Waals surface area contributed by atoms with Gasteiger partial charge in [0, 0.05) is 5.75 Å². The zero-order valence-corrected chi connectivity index (χ0v) is 10.5. The third kappa shape index (κ3) is 11.3.